The minimum absolute atomic E-state index is 1.16. The molecule has 0 heterocycles. The molecule has 0 nitrogen and oxygen atoms in total. The monoisotopic (exact) mass is 192 g/mol. The van der Waals surface area contributed by atoms with E-state index in [1.807, 2.05) is 19.9 Å². The summed E-state index contributed by atoms with van der Waals surface area (Å²) in [7, 11) is 0. The molecule has 0 fully saturated rings. The molecule has 0 aliphatic rings. The van der Waals surface area contributed by atoms with Gasteiger partial charge in [-0.25, -0.2) is 0 Å². The number of thiol groups is 1. The third-order valence-electron chi connectivity index (χ3n) is 0.868. The van der Waals surface area contributed by atoms with E-state index in [9.17, 15) is 0 Å². The van der Waals surface area contributed by atoms with Crippen LogP contribution in [0.1, 0.15) is 13.8 Å². The smallest absolute Gasteiger partial charge is 0.00510 e. The molecule has 0 atom stereocenters. The predicted molar refractivity (Wildman–Crippen MR) is 45.4 cm³/mol. The average molecular weight is 193 g/mol. The van der Waals surface area contributed by atoms with E-state index in [-0.39, 0.29) is 0 Å². The molecule has 0 saturated carbocycles. The van der Waals surface area contributed by atoms with Gasteiger partial charge in [-0.2, -0.15) is 12.6 Å². The third-order valence-corrected chi connectivity index (χ3v) is 1.64. The maximum Gasteiger partial charge on any atom is -0.00510 e. The van der Waals surface area contributed by atoms with Gasteiger partial charge in [0.15, 0.2) is 0 Å². The van der Waals surface area contributed by atoms with Gasteiger partial charge in [0.05, 0.1) is 0 Å². The van der Waals surface area contributed by atoms with E-state index in [2.05, 4.69) is 28.6 Å². The molecule has 2 heteroatoms. The van der Waals surface area contributed by atoms with Crippen LogP contribution in [0.25, 0.3) is 0 Å². The van der Waals surface area contributed by atoms with Gasteiger partial charge in [-0.05, 0) is 29.3 Å². The lowest BCUT2D eigenvalue weighted by molar-refractivity contribution is 1.47. The summed E-state index contributed by atoms with van der Waals surface area (Å²) in [6.45, 7) is 4.03. The van der Waals surface area contributed by atoms with Gasteiger partial charge in [-0.1, -0.05) is 22.0 Å². The summed E-state index contributed by atoms with van der Waals surface area (Å²) in [6, 6.07) is 0. The Morgan fingerprint density at radius 3 is 2.12 bits per heavy atom. The zero-order valence-corrected chi connectivity index (χ0v) is 7.46. The molecule has 0 aliphatic heterocycles. The first kappa shape index (κ1) is 8.31. The average Bonchev–Trinajstić information content (AvgIpc) is 1.67. The molecule has 0 saturated heterocycles. The van der Waals surface area contributed by atoms with Crippen LogP contribution in [-0.4, -0.2) is 0 Å². The highest BCUT2D eigenvalue weighted by atomic mass is 79.9. The first-order valence-electron chi connectivity index (χ1n) is 2.32. The molecule has 0 unspecified atom stereocenters. The van der Waals surface area contributed by atoms with Crippen molar-refractivity contribution >= 4 is 28.6 Å². The zero-order valence-electron chi connectivity index (χ0n) is 4.98. The maximum absolute atomic E-state index is 3.92. The van der Waals surface area contributed by atoms with Gasteiger partial charge < -0.3 is 0 Å². The second-order valence-electron chi connectivity index (χ2n) is 1.53. The fourth-order valence-electron chi connectivity index (χ4n) is 0.227. The quantitative estimate of drug-likeness (QED) is 0.480. The molecule has 0 aromatic rings. The lowest BCUT2D eigenvalue weighted by Crippen LogP contribution is -1.66. The summed E-state index contributed by atoms with van der Waals surface area (Å²) < 4.78 is 1.16. The number of allylic oxidation sites excluding steroid dienone is 3. The van der Waals surface area contributed by atoms with Crippen molar-refractivity contribution in [2.45, 2.75) is 13.8 Å². The standard InChI is InChI=1S/C6H9BrS/c1-5(3-4-8)6(2)7/h3-4,8H,1-2H3/b4-3-,6-5+. The lowest BCUT2D eigenvalue weighted by atomic mass is 10.3. The van der Waals surface area contributed by atoms with Gasteiger partial charge in [0.1, 0.15) is 0 Å². The van der Waals surface area contributed by atoms with Gasteiger partial charge in [0, 0.05) is 0 Å². The molecule has 0 bridgehead atoms. The molecule has 0 N–H and O–H groups in total. The minimum Gasteiger partial charge on any atom is -0.151 e. The number of hydrogen-bond donors (Lipinski definition) is 1. The molecule has 0 spiro atoms. The summed E-state index contributed by atoms with van der Waals surface area (Å²) >= 11 is 7.25. The van der Waals surface area contributed by atoms with Crippen LogP contribution < -0.4 is 0 Å². The van der Waals surface area contributed by atoms with Crippen LogP contribution in [0, 0.1) is 0 Å². The van der Waals surface area contributed by atoms with Crippen LogP contribution in [0.5, 0.6) is 0 Å². The van der Waals surface area contributed by atoms with Crippen molar-refractivity contribution in [2.24, 2.45) is 0 Å². The first-order valence-corrected chi connectivity index (χ1v) is 3.63. The fourth-order valence-corrected chi connectivity index (χ4v) is 0.582. The van der Waals surface area contributed by atoms with E-state index < -0.39 is 0 Å². The maximum atomic E-state index is 3.92. The van der Waals surface area contributed by atoms with Crippen molar-refractivity contribution in [1.82, 2.24) is 0 Å². The van der Waals surface area contributed by atoms with Crippen molar-refractivity contribution in [1.29, 1.82) is 0 Å². The van der Waals surface area contributed by atoms with Crippen molar-refractivity contribution in [3.8, 4) is 0 Å². The van der Waals surface area contributed by atoms with E-state index in [1.54, 1.807) is 5.41 Å². The third kappa shape index (κ3) is 3.33. The molecule has 0 rings (SSSR count). The number of halogens is 1. The van der Waals surface area contributed by atoms with Gasteiger partial charge in [-0.15, -0.1) is 0 Å². The van der Waals surface area contributed by atoms with Crippen molar-refractivity contribution in [3.63, 3.8) is 0 Å². The molecule has 46 valence electrons. The van der Waals surface area contributed by atoms with Crippen molar-refractivity contribution < 1.29 is 0 Å². The minimum atomic E-state index is 1.16. The molecule has 8 heavy (non-hydrogen) atoms. The van der Waals surface area contributed by atoms with Crippen LogP contribution >= 0.6 is 28.6 Å². The molecule has 0 radical (unpaired) electrons. The summed E-state index contributed by atoms with van der Waals surface area (Å²) in [6.07, 6.45) is 1.94. The Morgan fingerprint density at radius 1 is 1.50 bits per heavy atom. The SMILES string of the molecule is C/C(Br)=C(C)\C=C/S. The van der Waals surface area contributed by atoms with Crippen molar-refractivity contribution in [3.05, 3.63) is 21.5 Å². The Morgan fingerprint density at radius 2 is 2.00 bits per heavy atom. The summed E-state index contributed by atoms with van der Waals surface area (Å²) in [5, 5.41) is 1.72. The second kappa shape index (κ2) is 4.21. The topological polar surface area (TPSA) is 0 Å². The summed E-state index contributed by atoms with van der Waals surface area (Å²) in [4.78, 5) is 0. The summed E-state index contributed by atoms with van der Waals surface area (Å²) in [5.41, 5.74) is 1.21. The van der Waals surface area contributed by atoms with Gasteiger partial charge >= 0.3 is 0 Å². The van der Waals surface area contributed by atoms with Gasteiger partial charge in [-0.3, -0.25) is 0 Å². The molecule has 0 aromatic carbocycles. The predicted octanol–water partition coefficient (Wildman–Crippen LogP) is 3.12. The molecule has 0 amide bonds. The van der Waals surface area contributed by atoms with E-state index in [4.69, 9.17) is 0 Å². The molecule has 0 aromatic heterocycles. The van der Waals surface area contributed by atoms with E-state index in [0.717, 1.165) is 4.48 Å². The Hall–Kier alpha value is 0.310. The van der Waals surface area contributed by atoms with E-state index in [1.165, 1.54) is 5.57 Å². The normalized spacial score (nSPS) is 14.5. The van der Waals surface area contributed by atoms with Crippen molar-refractivity contribution in [2.75, 3.05) is 0 Å². The zero-order chi connectivity index (χ0) is 6.57. The Balaban J connectivity index is 4.00. The van der Waals surface area contributed by atoms with E-state index >= 15 is 0 Å². The lowest BCUT2D eigenvalue weighted by Gasteiger charge is -1.89. The van der Waals surface area contributed by atoms with E-state index in [0.29, 0.717) is 0 Å². The number of rotatable bonds is 1. The molecular formula is C6H9BrS. The van der Waals surface area contributed by atoms with Crippen LogP contribution in [0.3, 0.4) is 0 Å². The Kier molecular flexibility index (Phi) is 4.38. The first-order chi connectivity index (χ1) is 3.68. The van der Waals surface area contributed by atoms with Gasteiger partial charge in [0.25, 0.3) is 0 Å². The Labute approximate surface area is 64.2 Å². The highest BCUT2D eigenvalue weighted by Crippen LogP contribution is 2.10. The number of hydrogen-bond acceptors (Lipinski definition) is 1. The largest absolute Gasteiger partial charge is 0.151 e. The summed E-state index contributed by atoms with van der Waals surface area (Å²) in [5.74, 6) is 0. The Bertz CT molecular complexity index is 120. The van der Waals surface area contributed by atoms with Crippen LogP contribution in [0.2, 0.25) is 0 Å². The molecular weight excluding hydrogens is 184 g/mol. The van der Waals surface area contributed by atoms with Gasteiger partial charge in [0.2, 0.25) is 0 Å². The van der Waals surface area contributed by atoms with Crippen LogP contribution in [0.4, 0.5) is 0 Å². The highest BCUT2D eigenvalue weighted by Gasteiger charge is 1.83. The van der Waals surface area contributed by atoms with Crippen LogP contribution in [-0.2, 0) is 0 Å². The molecule has 0 aliphatic carbocycles. The van der Waals surface area contributed by atoms with Crippen LogP contribution in [0.15, 0.2) is 21.5 Å². The highest BCUT2D eigenvalue weighted by molar-refractivity contribution is 9.11. The second-order valence-corrected chi connectivity index (χ2v) is 3.02. The fraction of sp³-hybridized carbons (Fsp3) is 0.333.